The zero-order chi connectivity index (χ0) is 9.42. The van der Waals surface area contributed by atoms with E-state index in [0.29, 0.717) is 5.56 Å². The molecule has 0 aliphatic heterocycles. The molecular formula is C8H6O3S2. The van der Waals surface area contributed by atoms with Crippen molar-refractivity contribution in [3.8, 4) is 0 Å². The van der Waals surface area contributed by atoms with E-state index in [1.807, 2.05) is 0 Å². The number of carboxylic acids is 1. The van der Waals surface area contributed by atoms with Gasteiger partial charge in [-0.3, -0.25) is 0 Å². The Morgan fingerprint density at radius 1 is 1.54 bits per heavy atom. The predicted octanol–water partition coefficient (Wildman–Crippen LogP) is 2.15. The Labute approximate surface area is 81.9 Å². The highest BCUT2D eigenvalue weighted by Crippen LogP contribution is 2.33. The number of fused-ring (bicyclic) bond motifs is 1. The summed E-state index contributed by atoms with van der Waals surface area (Å²) in [5, 5.41) is 20.0. The molecule has 0 unspecified atom stereocenters. The third kappa shape index (κ3) is 1.35. The van der Waals surface area contributed by atoms with Crippen LogP contribution in [0, 0.1) is 0 Å². The molecule has 0 aromatic carbocycles. The number of carboxylic acid groups (broad SMARTS) is 1. The van der Waals surface area contributed by atoms with Crippen molar-refractivity contribution in [2.24, 2.45) is 0 Å². The summed E-state index contributed by atoms with van der Waals surface area (Å²) in [6.45, 7) is -0.0227. The summed E-state index contributed by atoms with van der Waals surface area (Å²) in [6, 6.07) is 1.74. The second-order valence-electron chi connectivity index (χ2n) is 2.53. The maximum absolute atomic E-state index is 10.7. The van der Waals surface area contributed by atoms with Gasteiger partial charge in [0.2, 0.25) is 0 Å². The van der Waals surface area contributed by atoms with E-state index in [4.69, 9.17) is 10.2 Å². The quantitative estimate of drug-likeness (QED) is 0.805. The van der Waals surface area contributed by atoms with Crippen molar-refractivity contribution in [1.29, 1.82) is 0 Å². The van der Waals surface area contributed by atoms with Gasteiger partial charge in [-0.2, -0.15) is 0 Å². The molecule has 0 atom stereocenters. The Hall–Kier alpha value is -0.910. The smallest absolute Gasteiger partial charge is 0.337 e. The zero-order valence-corrected chi connectivity index (χ0v) is 8.11. The summed E-state index contributed by atoms with van der Waals surface area (Å²) in [4.78, 5) is 11.5. The molecule has 0 saturated heterocycles. The van der Waals surface area contributed by atoms with E-state index in [-0.39, 0.29) is 6.61 Å². The number of rotatable bonds is 2. The fraction of sp³-hybridized carbons (Fsp3) is 0.125. The summed E-state index contributed by atoms with van der Waals surface area (Å²) < 4.78 is 0.960. The van der Waals surface area contributed by atoms with Crippen LogP contribution in [0.5, 0.6) is 0 Å². The van der Waals surface area contributed by atoms with Gasteiger partial charge in [0.25, 0.3) is 0 Å². The van der Waals surface area contributed by atoms with Gasteiger partial charge in [-0.05, 0) is 6.07 Å². The number of hydrogen-bond donors (Lipinski definition) is 2. The number of thiophene rings is 2. The Balaban J connectivity index is 2.65. The van der Waals surface area contributed by atoms with Gasteiger partial charge in [0, 0.05) is 15.6 Å². The van der Waals surface area contributed by atoms with Crippen LogP contribution in [-0.2, 0) is 6.61 Å². The van der Waals surface area contributed by atoms with E-state index in [0.717, 1.165) is 14.3 Å². The number of carbonyl (C=O) groups is 1. The van der Waals surface area contributed by atoms with Crippen LogP contribution in [0.15, 0.2) is 11.4 Å². The molecule has 0 fully saturated rings. The lowest BCUT2D eigenvalue weighted by atomic mass is 10.2. The lowest BCUT2D eigenvalue weighted by Gasteiger charge is -1.85. The third-order valence-electron chi connectivity index (χ3n) is 1.71. The van der Waals surface area contributed by atoms with Crippen LogP contribution in [0.1, 0.15) is 15.2 Å². The number of hydrogen-bond acceptors (Lipinski definition) is 4. The highest BCUT2D eigenvalue weighted by atomic mass is 32.2. The number of aliphatic hydroxyl groups is 1. The van der Waals surface area contributed by atoms with Crippen LogP contribution in [0.3, 0.4) is 0 Å². The second-order valence-corrected chi connectivity index (χ2v) is 4.80. The van der Waals surface area contributed by atoms with E-state index in [9.17, 15) is 4.79 Å². The Bertz CT molecular complexity index is 455. The molecule has 68 valence electrons. The second kappa shape index (κ2) is 3.10. The average Bonchev–Trinajstić information content (AvgIpc) is 2.59. The van der Waals surface area contributed by atoms with Crippen LogP contribution >= 0.6 is 22.7 Å². The molecule has 2 aromatic heterocycles. The largest absolute Gasteiger partial charge is 0.478 e. The van der Waals surface area contributed by atoms with Crippen molar-refractivity contribution in [2.75, 3.05) is 0 Å². The average molecular weight is 214 g/mol. The lowest BCUT2D eigenvalue weighted by molar-refractivity contribution is 0.0699. The minimum Gasteiger partial charge on any atom is -0.478 e. The van der Waals surface area contributed by atoms with Crippen molar-refractivity contribution in [2.45, 2.75) is 6.61 Å². The first kappa shape index (κ1) is 8.68. The first-order valence-corrected chi connectivity index (χ1v) is 5.26. The SMILES string of the molecule is O=C(O)c1csc2sc(CO)cc12. The Morgan fingerprint density at radius 2 is 2.31 bits per heavy atom. The molecule has 3 nitrogen and oxygen atoms in total. The molecule has 0 amide bonds. The molecule has 0 spiro atoms. The summed E-state index contributed by atoms with van der Waals surface area (Å²) in [5.41, 5.74) is 0.330. The highest BCUT2D eigenvalue weighted by molar-refractivity contribution is 7.37. The highest BCUT2D eigenvalue weighted by Gasteiger charge is 2.13. The molecule has 0 radical (unpaired) electrons. The standard InChI is InChI=1S/C8H6O3S2/c9-2-4-1-5-6(7(10)11)3-12-8(5)13-4/h1,3,9H,2H2,(H,10,11). The van der Waals surface area contributed by atoms with Gasteiger partial charge in [-0.25, -0.2) is 4.79 Å². The monoisotopic (exact) mass is 214 g/mol. The van der Waals surface area contributed by atoms with Gasteiger partial charge in [0.1, 0.15) is 0 Å². The van der Waals surface area contributed by atoms with Crippen molar-refractivity contribution in [3.05, 3.63) is 21.9 Å². The van der Waals surface area contributed by atoms with Crippen LogP contribution in [0.25, 0.3) is 9.40 Å². The summed E-state index contributed by atoms with van der Waals surface area (Å²) in [7, 11) is 0. The predicted molar refractivity (Wildman–Crippen MR) is 52.6 cm³/mol. The van der Waals surface area contributed by atoms with Crippen LogP contribution in [0.2, 0.25) is 0 Å². The first-order chi connectivity index (χ1) is 6.22. The van der Waals surface area contributed by atoms with Gasteiger partial charge in [-0.15, -0.1) is 22.7 Å². The zero-order valence-electron chi connectivity index (χ0n) is 6.48. The molecular weight excluding hydrogens is 208 g/mol. The maximum atomic E-state index is 10.7. The van der Waals surface area contributed by atoms with E-state index >= 15 is 0 Å². The van der Waals surface area contributed by atoms with E-state index in [2.05, 4.69) is 0 Å². The summed E-state index contributed by atoms with van der Waals surface area (Å²) in [6.07, 6.45) is 0. The van der Waals surface area contributed by atoms with Crippen molar-refractivity contribution in [1.82, 2.24) is 0 Å². The minimum atomic E-state index is -0.909. The lowest BCUT2D eigenvalue weighted by Crippen LogP contribution is -1.92. The van der Waals surface area contributed by atoms with Crippen molar-refractivity contribution >= 4 is 38.0 Å². The van der Waals surface area contributed by atoms with Gasteiger partial charge in [0.15, 0.2) is 0 Å². The van der Waals surface area contributed by atoms with E-state index in [1.165, 1.54) is 22.7 Å². The minimum absolute atomic E-state index is 0.0227. The molecule has 2 rings (SSSR count). The number of aromatic carboxylic acids is 1. The summed E-state index contributed by atoms with van der Waals surface area (Å²) >= 11 is 2.85. The molecule has 0 saturated carbocycles. The normalized spacial score (nSPS) is 10.8. The van der Waals surface area contributed by atoms with E-state index in [1.54, 1.807) is 11.4 Å². The Morgan fingerprint density at radius 3 is 2.92 bits per heavy atom. The fourth-order valence-electron chi connectivity index (χ4n) is 1.12. The van der Waals surface area contributed by atoms with Crippen molar-refractivity contribution < 1.29 is 15.0 Å². The maximum Gasteiger partial charge on any atom is 0.337 e. The third-order valence-corrected chi connectivity index (χ3v) is 3.95. The van der Waals surface area contributed by atoms with Crippen LogP contribution < -0.4 is 0 Å². The van der Waals surface area contributed by atoms with Crippen LogP contribution in [0.4, 0.5) is 0 Å². The van der Waals surface area contributed by atoms with Crippen LogP contribution in [-0.4, -0.2) is 16.2 Å². The summed E-state index contributed by atoms with van der Waals surface area (Å²) in [5.74, 6) is -0.909. The first-order valence-electron chi connectivity index (χ1n) is 3.56. The Kier molecular flexibility index (Phi) is 2.07. The van der Waals surface area contributed by atoms with E-state index < -0.39 is 5.97 Å². The van der Waals surface area contributed by atoms with Gasteiger partial charge < -0.3 is 10.2 Å². The topological polar surface area (TPSA) is 57.5 Å². The fourth-order valence-corrected chi connectivity index (χ4v) is 3.28. The molecule has 0 aliphatic rings. The molecule has 2 heterocycles. The molecule has 13 heavy (non-hydrogen) atoms. The molecule has 0 aliphatic carbocycles. The van der Waals surface area contributed by atoms with Gasteiger partial charge >= 0.3 is 5.97 Å². The molecule has 0 bridgehead atoms. The van der Waals surface area contributed by atoms with Gasteiger partial charge in [-0.1, -0.05) is 0 Å². The number of aliphatic hydroxyl groups excluding tert-OH is 1. The molecule has 2 N–H and O–H groups in total. The molecule has 2 aromatic rings. The van der Waals surface area contributed by atoms with Crippen molar-refractivity contribution in [3.63, 3.8) is 0 Å². The molecule has 5 heteroatoms. The van der Waals surface area contributed by atoms with Gasteiger partial charge in [0.05, 0.1) is 16.2 Å².